The Morgan fingerprint density at radius 3 is 2.92 bits per heavy atom. The normalized spacial score (nSPS) is 11.0. The monoisotopic (exact) mass is 331 g/mol. The third-order valence-corrected chi connectivity index (χ3v) is 3.42. The van der Waals surface area contributed by atoms with Gasteiger partial charge in [-0.1, -0.05) is 12.5 Å². The van der Waals surface area contributed by atoms with Gasteiger partial charge in [0.05, 0.1) is 11.9 Å². The highest BCUT2D eigenvalue weighted by Gasteiger charge is 2.07. The molecule has 0 aliphatic heterocycles. The SMILES string of the molecule is C=CCCCCCN(C)C(=NCC(=O)Nc1cccnc1)NCC. The summed E-state index contributed by atoms with van der Waals surface area (Å²) in [6, 6.07) is 3.58. The molecule has 6 heteroatoms. The molecule has 0 spiro atoms. The van der Waals surface area contributed by atoms with E-state index in [1.165, 1.54) is 6.42 Å². The molecular formula is C18H29N5O. The van der Waals surface area contributed by atoms with E-state index in [1.54, 1.807) is 24.5 Å². The summed E-state index contributed by atoms with van der Waals surface area (Å²) in [5.41, 5.74) is 0.679. The molecule has 0 aromatic carbocycles. The van der Waals surface area contributed by atoms with Crippen molar-refractivity contribution in [2.75, 3.05) is 32.0 Å². The smallest absolute Gasteiger partial charge is 0.246 e. The Morgan fingerprint density at radius 1 is 1.42 bits per heavy atom. The van der Waals surface area contributed by atoms with Gasteiger partial charge in [0.25, 0.3) is 0 Å². The molecular weight excluding hydrogens is 302 g/mol. The first kappa shape index (κ1) is 19.7. The molecule has 0 unspecified atom stereocenters. The number of aromatic nitrogens is 1. The molecule has 1 aromatic rings. The highest BCUT2D eigenvalue weighted by molar-refractivity contribution is 5.93. The number of carbonyl (C=O) groups is 1. The number of pyridine rings is 1. The molecule has 0 bridgehead atoms. The largest absolute Gasteiger partial charge is 0.357 e. The lowest BCUT2D eigenvalue weighted by molar-refractivity contribution is -0.114. The van der Waals surface area contributed by atoms with Crippen molar-refractivity contribution < 1.29 is 4.79 Å². The highest BCUT2D eigenvalue weighted by Crippen LogP contribution is 2.03. The molecule has 0 fully saturated rings. The lowest BCUT2D eigenvalue weighted by atomic mass is 10.2. The minimum atomic E-state index is -0.155. The van der Waals surface area contributed by atoms with E-state index in [2.05, 4.69) is 32.1 Å². The van der Waals surface area contributed by atoms with Crippen LogP contribution in [-0.4, -0.2) is 48.4 Å². The van der Waals surface area contributed by atoms with Crippen LogP contribution < -0.4 is 10.6 Å². The van der Waals surface area contributed by atoms with Gasteiger partial charge in [-0.3, -0.25) is 9.78 Å². The minimum absolute atomic E-state index is 0.0814. The summed E-state index contributed by atoms with van der Waals surface area (Å²) >= 11 is 0. The van der Waals surface area contributed by atoms with Gasteiger partial charge in [-0.05, 0) is 38.3 Å². The summed E-state index contributed by atoms with van der Waals surface area (Å²) in [6.45, 7) is 7.51. The molecule has 2 N–H and O–H groups in total. The second-order valence-electron chi connectivity index (χ2n) is 5.52. The Morgan fingerprint density at radius 2 is 2.25 bits per heavy atom. The average molecular weight is 331 g/mol. The molecule has 1 rings (SSSR count). The van der Waals surface area contributed by atoms with Crippen molar-refractivity contribution >= 4 is 17.6 Å². The summed E-state index contributed by atoms with van der Waals surface area (Å²) in [4.78, 5) is 22.4. The molecule has 0 saturated heterocycles. The predicted octanol–water partition coefficient (Wildman–Crippen LogP) is 2.66. The van der Waals surface area contributed by atoms with E-state index >= 15 is 0 Å². The van der Waals surface area contributed by atoms with Gasteiger partial charge >= 0.3 is 0 Å². The third-order valence-electron chi connectivity index (χ3n) is 3.42. The van der Waals surface area contributed by atoms with Crippen molar-refractivity contribution in [3.05, 3.63) is 37.2 Å². The van der Waals surface area contributed by atoms with Crippen molar-refractivity contribution in [1.29, 1.82) is 0 Å². The van der Waals surface area contributed by atoms with E-state index in [4.69, 9.17) is 0 Å². The number of anilines is 1. The van der Waals surface area contributed by atoms with Crippen LogP contribution in [0.2, 0.25) is 0 Å². The van der Waals surface area contributed by atoms with E-state index < -0.39 is 0 Å². The first-order valence-corrected chi connectivity index (χ1v) is 8.47. The van der Waals surface area contributed by atoms with Gasteiger partial charge in [0.1, 0.15) is 6.54 Å². The van der Waals surface area contributed by atoms with E-state index in [0.29, 0.717) is 5.69 Å². The van der Waals surface area contributed by atoms with Crippen LogP contribution in [0.3, 0.4) is 0 Å². The molecule has 1 aromatic heterocycles. The van der Waals surface area contributed by atoms with Crippen molar-refractivity contribution in [1.82, 2.24) is 15.2 Å². The van der Waals surface area contributed by atoms with Crippen molar-refractivity contribution in [3.8, 4) is 0 Å². The van der Waals surface area contributed by atoms with Gasteiger partial charge in [0.15, 0.2) is 5.96 Å². The van der Waals surface area contributed by atoms with Gasteiger partial charge in [0, 0.05) is 26.3 Å². The molecule has 132 valence electrons. The van der Waals surface area contributed by atoms with Crippen LogP contribution in [0.15, 0.2) is 42.2 Å². The van der Waals surface area contributed by atoms with Gasteiger partial charge < -0.3 is 15.5 Å². The summed E-state index contributed by atoms with van der Waals surface area (Å²) in [6.07, 6.45) is 9.72. The van der Waals surface area contributed by atoms with Gasteiger partial charge in [-0.15, -0.1) is 6.58 Å². The molecule has 0 atom stereocenters. The first-order valence-electron chi connectivity index (χ1n) is 8.47. The van der Waals surface area contributed by atoms with E-state index in [0.717, 1.165) is 38.3 Å². The Kier molecular flexibility index (Phi) is 9.92. The minimum Gasteiger partial charge on any atom is -0.357 e. The molecule has 1 heterocycles. The second kappa shape index (κ2) is 12.1. The fourth-order valence-corrected chi connectivity index (χ4v) is 2.17. The number of unbranched alkanes of at least 4 members (excludes halogenated alkanes) is 3. The maximum absolute atomic E-state index is 12.0. The lowest BCUT2D eigenvalue weighted by Gasteiger charge is -2.22. The van der Waals surface area contributed by atoms with Crippen LogP contribution in [-0.2, 0) is 4.79 Å². The highest BCUT2D eigenvalue weighted by atomic mass is 16.1. The molecule has 0 radical (unpaired) electrons. The molecule has 0 aliphatic rings. The zero-order valence-electron chi connectivity index (χ0n) is 14.8. The number of nitrogens with zero attached hydrogens (tertiary/aromatic N) is 3. The predicted molar refractivity (Wildman–Crippen MR) is 100 cm³/mol. The standard InChI is InChI=1S/C18H29N5O/c1-4-6-7-8-9-13-23(3)18(20-5-2)21-15-17(24)22-16-11-10-12-19-14-16/h4,10-12,14H,1,5-9,13,15H2,2-3H3,(H,20,21)(H,22,24). The molecule has 0 saturated carbocycles. The number of allylic oxidation sites excluding steroid dienone is 1. The van der Waals surface area contributed by atoms with E-state index in [1.807, 2.05) is 20.0 Å². The zero-order valence-corrected chi connectivity index (χ0v) is 14.8. The Labute approximate surface area is 145 Å². The Hall–Kier alpha value is -2.37. The van der Waals surface area contributed by atoms with E-state index in [-0.39, 0.29) is 12.5 Å². The summed E-state index contributed by atoms with van der Waals surface area (Å²) in [7, 11) is 1.99. The van der Waals surface area contributed by atoms with E-state index in [9.17, 15) is 4.79 Å². The molecule has 6 nitrogen and oxygen atoms in total. The summed E-state index contributed by atoms with van der Waals surface area (Å²) in [5.74, 6) is 0.598. The molecule has 1 amide bonds. The third kappa shape index (κ3) is 8.31. The topological polar surface area (TPSA) is 69.6 Å². The number of hydrogen-bond acceptors (Lipinski definition) is 3. The second-order valence-corrected chi connectivity index (χ2v) is 5.52. The maximum atomic E-state index is 12.0. The summed E-state index contributed by atoms with van der Waals surface area (Å²) < 4.78 is 0. The van der Waals surface area contributed by atoms with Gasteiger partial charge in [0.2, 0.25) is 5.91 Å². The zero-order chi connectivity index (χ0) is 17.6. The van der Waals surface area contributed by atoms with Crippen LogP contribution in [0.4, 0.5) is 5.69 Å². The number of amides is 1. The Balaban J connectivity index is 2.45. The number of guanidine groups is 1. The van der Waals surface area contributed by atoms with Crippen LogP contribution in [0.1, 0.15) is 32.6 Å². The Bertz CT molecular complexity index is 515. The fraction of sp³-hybridized carbons (Fsp3) is 0.500. The molecule has 24 heavy (non-hydrogen) atoms. The summed E-state index contributed by atoms with van der Waals surface area (Å²) in [5, 5.41) is 6.00. The number of nitrogens with one attached hydrogen (secondary N) is 2. The maximum Gasteiger partial charge on any atom is 0.246 e. The van der Waals surface area contributed by atoms with Gasteiger partial charge in [-0.25, -0.2) is 4.99 Å². The van der Waals surface area contributed by atoms with Crippen LogP contribution in [0, 0.1) is 0 Å². The van der Waals surface area contributed by atoms with Crippen molar-refractivity contribution in [3.63, 3.8) is 0 Å². The average Bonchev–Trinajstić information content (AvgIpc) is 2.59. The van der Waals surface area contributed by atoms with Crippen molar-refractivity contribution in [2.24, 2.45) is 4.99 Å². The number of hydrogen-bond donors (Lipinski definition) is 2. The van der Waals surface area contributed by atoms with Gasteiger partial charge in [-0.2, -0.15) is 0 Å². The van der Waals surface area contributed by atoms with Crippen molar-refractivity contribution in [2.45, 2.75) is 32.6 Å². The number of aliphatic imine (C=N–C) groups is 1. The fourth-order valence-electron chi connectivity index (χ4n) is 2.17. The number of rotatable bonds is 10. The van der Waals surface area contributed by atoms with Crippen LogP contribution >= 0.6 is 0 Å². The van der Waals surface area contributed by atoms with Crippen LogP contribution in [0.5, 0.6) is 0 Å². The first-order chi connectivity index (χ1) is 11.7. The molecule has 0 aliphatic carbocycles. The number of carbonyl (C=O) groups excluding carboxylic acids is 1. The lowest BCUT2D eigenvalue weighted by Crippen LogP contribution is -2.40. The quantitative estimate of drug-likeness (QED) is 0.299. The van der Waals surface area contributed by atoms with Crippen LogP contribution in [0.25, 0.3) is 0 Å².